The van der Waals surface area contributed by atoms with Gasteiger partial charge in [-0.2, -0.15) is 0 Å². The summed E-state index contributed by atoms with van der Waals surface area (Å²) in [7, 11) is -4.12. The number of benzene rings is 2. The van der Waals surface area contributed by atoms with Gasteiger partial charge in [-0.15, -0.1) is 10.2 Å². The number of nitrogens with zero attached hydrogens (tertiary/aromatic N) is 2. The Morgan fingerprint density at radius 1 is 1.17 bits per heavy atom. The Kier molecular flexibility index (Phi) is 4.95. The number of halogens is 1. The van der Waals surface area contributed by atoms with Crippen LogP contribution in [0.1, 0.15) is 17.9 Å². The molecule has 1 aliphatic carbocycles. The first-order valence-electron chi connectivity index (χ1n) is 8.54. The van der Waals surface area contributed by atoms with Crippen molar-refractivity contribution in [3.63, 3.8) is 0 Å². The van der Waals surface area contributed by atoms with Gasteiger partial charge in [-0.25, -0.2) is 13.6 Å². The smallest absolute Gasteiger partial charge is 0.249 e. The number of aromatic nitrogens is 2. The summed E-state index contributed by atoms with van der Waals surface area (Å²) in [6.45, 7) is 0. The lowest BCUT2D eigenvalue weighted by Gasteiger charge is -2.10. The number of hydrogen-bond acceptors (Lipinski definition) is 6. The molecule has 29 heavy (non-hydrogen) atoms. The fourth-order valence-corrected chi connectivity index (χ4v) is 3.68. The van der Waals surface area contributed by atoms with Gasteiger partial charge in [-0.1, -0.05) is 35.9 Å². The zero-order valence-corrected chi connectivity index (χ0v) is 16.5. The van der Waals surface area contributed by atoms with Crippen LogP contribution in [-0.2, 0) is 21.2 Å². The fourth-order valence-electron chi connectivity index (χ4n) is 2.72. The number of carbonyl (C=O) groups is 1. The minimum absolute atomic E-state index is 0.0331. The monoisotopic (exact) mass is 430 g/mol. The van der Waals surface area contributed by atoms with Gasteiger partial charge in [0.25, 0.3) is 0 Å². The molecule has 10 heteroatoms. The predicted molar refractivity (Wildman–Crippen MR) is 107 cm³/mol. The van der Waals surface area contributed by atoms with Crippen molar-refractivity contribution in [3.8, 4) is 11.5 Å². The van der Waals surface area contributed by atoms with Crippen molar-refractivity contribution in [1.29, 1.82) is 0 Å². The Morgan fingerprint density at radius 2 is 1.90 bits per heavy atom. The van der Waals surface area contributed by atoms with Crippen LogP contribution in [0.25, 0.3) is 17.0 Å². The van der Waals surface area contributed by atoms with Crippen LogP contribution in [-0.4, -0.2) is 24.5 Å². The van der Waals surface area contributed by atoms with Crippen LogP contribution in [0.2, 0.25) is 5.02 Å². The summed E-state index contributed by atoms with van der Waals surface area (Å²) in [5, 5.41) is 16.3. The number of nitrogens with one attached hydrogen (secondary N) is 1. The van der Waals surface area contributed by atoms with Crippen molar-refractivity contribution in [2.75, 3.05) is 5.32 Å². The van der Waals surface area contributed by atoms with Gasteiger partial charge in [0.15, 0.2) is 0 Å². The molecule has 3 aromatic rings. The van der Waals surface area contributed by atoms with Crippen molar-refractivity contribution >= 4 is 38.8 Å². The Labute approximate surface area is 171 Å². The molecule has 0 atom stereocenters. The molecule has 0 radical (unpaired) electrons. The predicted octanol–water partition coefficient (Wildman–Crippen LogP) is 3.01. The van der Waals surface area contributed by atoms with Crippen LogP contribution in [0.3, 0.4) is 0 Å². The molecule has 0 unspecified atom stereocenters. The molecule has 8 nitrogen and oxygen atoms in total. The van der Waals surface area contributed by atoms with Gasteiger partial charge in [0.05, 0.1) is 16.9 Å². The fraction of sp³-hybridized carbons (Fsp3) is 0.105. The SMILES string of the molecule is NS(=O)(=O)c1cc(NC(=O)Cc2ccccc2Cl)ccc1-c1nnc(C2=CC2)o1. The molecule has 148 valence electrons. The van der Waals surface area contributed by atoms with Crippen LogP contribution < -0.4 is 10.5 Å². The zero-order chi connectivity index (χ0) is 20.6. The molecule has 0 saturated carbocycles. The van der Waals surface area contributed by atoms with E-state index in [0.717, 1.165) is 12.0 Å². The van der Waals surface area contributed by atoms with Crippen LogP contribution in [0.5, 0.6) is 0 Å². The minimum Gasteiger partial charge on any atom is -0.416 e. The lowest BCUT2D eigenvalue weighted by molar-refractivity contribution is -0.115. The molecule has 0 spiro atoms. The maximum atomic E-state index is 12.3. The summed E-state index contributed by atoms with van der Waals surface area (Å²) in [4.78, 5) is 12.1. The molecular formula is C19H15ClN4O4S. The molecule has 4 rings (SSSR count). The molecule has 1 aliphatic rings. The quantitative estimate of drug-likeness (QED) is 0.618. The van der Waals surface area contributed by atoms with Gasteiger partial charge in [0.2, 0.25) is 27.7 Å². The van der Waals surface area contributed by atoms with Gasteiger partial charge in [0, 0.05) is 16.3 Å². The highest BCUT2D eigenvalue weighted by Gasteiger charge is 2.23. The van der Waals surface area contributed by atoms with E-state index in [1.54, 1.807) is 24.3 Å². The molecular weight excluding hydrogens is 416 g/mol. The second kappa shape index (κ2) is 7.43. The molecule has 2 aromatic carbocycles. The number of hydrogen-bond donors (Lipinski definition) is 2. The second-order valence-electron chi connectivity index (χ2n) is 6.42. The Balaban J connectivity index is 1.61. The number of amides is 1. The molecule has 0 aliphatic heterocycles. The second-order valence-corrected chi connectivity index (χ2v) is 8.36. The Hall–Kier alpha value is -3.01. The summed E-state index contributed by atoms with van der Waals surface area (Å²) in [6.07, 6.45) is 2.71. The summed E-state index contributed by atoms with van der Waals surface area (Å²) >= 11 is 6.07. The molecule has 0 fully saturated rings. The highest BCUT2D eigenvalue weighted by Crippen LogP contribution is 2.34. The molecule has 1 aromatic heterocycles. The number of nitrogens with two attached hydrogens (primary N) is 1. The first kappa shape index (κ1) is 19.3. The van der Waals surface area contributed by atoms with Crippen molar-refractivity contribution in [1.82, 2.24) is 10.2 Å². The maximum absolute atomic E-state index is 12.3. The molecule has 0 saturated heterocycles. The van der Waals surface area contributed by atoms with E-state index in [1.807, 2.05) is 6.08 Å². The van der Waals surface area contributed by atoms with E-state index in [0.29, 0.717) is 16.5 Å². The average Bonchev–Trinajstić information content (AvgIpc) is 3.40. The number of primary sulfonamides is 1. The Morgan fingerprint density at radius 3 is 2.59 bits per heavy atom. The van der Waals surface area contributed by atoms with E-state index < -0.39 is 10.0 Å². The number of anilines is 1. The highest BCUT2D eigenvalue weighted by atomic mass is 35.5. The molecule has 3 N–H and O–H groups in total. The normalized spacial score (nSPS) is 13.1. The highest BCUT2D eigenvalue weighted by molar-refractivity contribution is 7.89. The third kappa shape index (κ3) is 4.37. The lowest BCUT2D eigenvalue weighted by Crippen LogP contribution is -2.17. The largest absolute Gasteiger partial charge is 0.416 e. The van der Waals surface area contributed by atoms with Crippen molar-refractivity contribution < 1.29 is 17.6 Å². The van der Waals surface area contributed by atoms with Crippen molar-refractivity contribution in [2.24, 2.45) is 5.14 Å². The molecule has 1 heterocycles. The molecule has 1 amide bonds. The van der Waals surface area contributed by atoms with E-state index in [4.69, 9.17) is 21.2 Å². The van der Waals surface area contributed by atoms with E-state index in [9.17, 15) is 13.2 Å². The summed E-state index contributed by atoms with van der Waals surface area (Å²) < 4.78 is 29.7. The van der Waals surface area contributed by atoms with Gasteiger partial charge < -0.3 is 9.73 Å². The van der Waals surface area contributed by atoms with E-state index in [2.05, 4.69) is 15.5 Å². The third-order valence-corrected chi connectivity index (χ3v) is 5.54. The van der Waals surface area contributed by atoms with Crippen molar-refractivity contribution in [2.45, 2.75) is 17.7 Å². The summed E-state index contributed by atoms with van der Waals surface area (Å²) in [6, 6.07) is 11.2. The topological polar surface area (TPSA) is 128 Å². The standard InChI is InChI=1S/C19H15ClN4O4S/c20-15-4-2-1-3-12(15)9-17(25)22-13-7-8-14(16(10-13)29(21,26)27)19-24-23-18(28-19)11-5-6-11/h1-5,7-8,10H,6,9H2,(H,22,25)(H2,21,26,27). The van der Waals surface area contributed by atoms with E-state index in [-0.39, 0.29) is 34.4 Å². The lowest BCUT2D eigenvalue weighted by atomic mass is 10.1. The number of rotatable bonds is 6. The van der Waals surface area contributed by atoms with Crippen LogP contribution in [0.15, 0.2) is 57.9 Å². The van der Waals surface area contributed by atoms with Gasteiger partial charge >= 0.3 is 0 Å². The van der Waals surface area contributed by atoms with Crippen LogP contribution in [0, 0.1) is 0 Å². The Bertz CT molecular complexity index is 1250. The average molecular weight is 431 g/mol. The first-order valence-corrected chi connectivity index (χ1v) is 10.5. The maximum Gasteiger partial charge on any atom is 0.249 e. The first-order chi connectivity index (χ1) is 13.8. The van der Waals surface area contributed by atoms with Gasteiger partial charge in [-0.05, 0) is 36.2 Å². The van der Waals surface area contributed by atoms with Crippen molar-refractivity contribution in [3.05, 3.63) is 65.0 Å². The van der Waals surface area contributed by atoms with E-state index in [1.165, 1.54) is 18.2 Å². The molecule has 0 bridgehead atoms. The van der Waals surface area contributed by atoms with Crippen LogP contribution in [0.4, 0.5) is 5.69 Å². The number of sulfonamides is 1. The summed E-state index contributed by atoms with van der Waals surface area (Å²) in [5.74, 6) is 0.0234. The van der Waals surface area contributed by atoms with Gasteiger partial charge in [0.1, 0.15) is 0 Å². The summed E-state index contributed by atoms with van der Waals surface area (Å²) in [5.41, 5.74) is 1.99. The number of allylic oxidation sites excluding steroid dienone is 2. The zero-order valence-electron chi connectivity index (χ0n) is 14.9. The third-order valence-electron chi connectivity index (χ3n) is 4.22. The number of carbonyl (C=O) groups excluding carboxylic acids is 1. The van der Waals surface area contributed by atoms with Crippen LogP contribution >= 0.6 is 11.6 Å². The minimum atomic E-state index is -4.12. The van der Waals surface area contributed by atoms with E-state index >= 15 is 0 Å². The van der Waals surface area contributed by atoms with Gasteiger partial charge in [-0.3, -0.25) is 4.79 Å².